The van der Waals surface area contributed by atoms with E-state index in [0.717, 1.165) is 24.8 Å². The molecule has 28 heavy (non-hydrogen) atoms. The third kappa shape index (κ3) is 5.20. The van der Waals surface area contributed by atoms with E-state index in [1.165, 1.54) is 0 Å². The standard InChI is InChI=1S/C19H23N3O5S/c1-28(25,26)21-10-3-11-27-14-8-6-13(7-9-14)22-19(24)15-12-20-16-4-2-5-17(23)18(15)16/h6-9,12,20-21H,2-5,10-11H2,1H3,(H,22,24). The van der Waals surface area contributed by atoms with Gasteiger partial charge in [-0.3, -0.25) is 9.59 Å². The first kappa shape index (κ1) is 20.1. The second-order valence-corrected chi connectivity index (χ2v) is 8.51. The van der Waals surface area contributed by atoms with Crippen LogP contribution in [-0.2, 0) is 16.4 Å². The first-order valence-electron chi connectivity index (χ1n) is 9.06. The molecule has 1 heterocycles. The molecular formula is C19H23N3O5S. The number of benzene rings is 1. The van der Waals surface area contributed by atoms with Crippen LogP contribution in [0.2, 0.25) is 0 Å². The number of H-pyrrole nitrogens is 1. The van der Waals surface area contributed by atoms with E-state index < -0.39 is 10.0 Å². The van der Waals surface area contributed by atoms with E-state index in [2.05, 4.69) is 15.0 Å². The van der Waals surface area contributed by atoms with E-state index >= 15 is 0 Å². The minimum atomic E-state index is -3.18. The molecule has 8 nitrogen and oxygen atoms in total. The van der Waals surface area contributed by atoms with E-state index in [-0.39, 0.29) is 11.7 Å². The molecule has 2 aromatic rings. The van der Waals surface area contributed by atoms with Crippen LogP contribution in [-0.4, -0.2) is 44.5 Å². The predicted octanol–water partition coefficient (Wildman–Crippen LogP) is 2.10. The van der Waals surface area contributed by atoms with Gasteiger partial charge >= 0.3 is 0 Å². The Morgan fingerprint density at radius 3 is 2.68 bits per heavy atom. The molecule has 150 valence electrons. The third-order valence-electron chi connectivity index (χ3n) is 4.38. The molecule has 0 unspecified atom stereocenters. The maximum atomic E-state index is 12.5. The van der Waals surface area contributed by atoms with Crippen LogP contribution in [0.25, 0.3) is 0 Å². The fraction of sp³-hybridized carbons (Fsp3) is 0.368. The number of aryl methyl sites for hydroxylation is 1. The lowest BCUT2D eigenvalue weighted by atomic mass is 9.93. The number of Topliss-reactive ketones (excluding diaryl/α,β-unsaturated/α-hetero) is 1. The van der Waals surface area contributed by atoms with Gasteiger partial charge in [0.1, 0.15) is 5.75 Å². The van der Waals surface area contributed by atoms with Crippen molar-refractivity contribution in [3.05, 3.63) is 47.3 Å². The molecule has 0 bridgehead atoms. The van der Waals surface area contributed by atoms with E-state index in [1.54, 1.807) is 30.5 Å². The van der Waals surface area contributed by atoms with Gasteiger partial charge in [0.15, 0.2) is 5.78 Å². The number of sulfonamides is 1. The van der Waals surface area contributed by atoms with Crippen LogP contribution in [0.1, 0.15) is 45.7 Å². The zero-order chi connectivity index (χ0) is 20.1. The van der Waals surface area contributed by atoms with Gasteiger partial charge in [-0.05, 0) is 43.5 Å². The van der Waals surface area contributed by atoms with Gasteiger partial charge < -0.3 is 15.0 Å². The van der Waals surface area contributed by atoms with Crippen molar-refractivity contribution in [2.24, 2.45) is 0 Å². The van der Waals surface area contributed by atoms with Gasteiger partial charge in [0, 0.05) is 30.5 Å². The summed E-state index contributed by atoms with van der Waals surface area (Å²) in [6.07, 6.45) is 5.29. The minimum absolute atomic E-state index is 0.00163. The Morgan fingerprint density at radius 2 is 1.96 bits per heavy atom. The highest BCUT2D eigenvalue weighted by Crippen LogP contribution is 2.25. The van der Waals surface area contributed by atoms with E-state index in [4.69, 9.17) is 4.74 Å². The number of ketones is 1. The topological polar surface area (TPSA) is 117 Å². The largest absolute Gasteiger partial charge is 0.494 e. The summed E-state index contributed by atoms with van der Waals surface area (Å²) in [5, 5.41) is 2.79. The Hall–Kier alpha value is -2.65. The summed E-state index contributed by atoms with van der Waals surface area (Å²) < 4.78 is 29.9. The highest BCUT2D eigenvalue weighted by molar-refractivity contribution is 7.88. The summed E-state index contributed by atoms with van der Waals surface area (Å²) in [4.78, 5) is 27.7. The Bertz CT molecular complexity index is 964. The van der Waals surface area contributed by atoms with Crippen molar-refractivity contribution >= 4 is 27.4 Å². The molecule has 9 heteroatoms. The van der Waals surface area contributed by atoms with Crippen molar-refractivity contribution < 1.29 is 22.7 Å². The average Bonchev–Trinajstić information content (AvgIpc) is 3.07. The zero-order valence-electron chi connectivity index (χ0n) is 15.6. The van der Waals surface area contributed by atoms with Crippen molar-refractivity contribution in [1.29, 1.82) is 0 Å². The number of carbonyl (C=O) groups is 2. The molecule has 0 saturated carbocycles. The number of ether oxygens (including phenoxy) is 1. The maximum Gasteiger partial charge on any atom is 0.257 e. The summed E-state index contributed by atoms with van der Waals surface area (Å²) in [5.41, 5.74) is 2.30. The van der Waals surface area contributed by atoms with E-state index in [0.29, 0.717) is 48.6 Å². The van der Waals surface area contributed by atoms with E-state index in [1.807, 2.05) is 0 Å². The Kier molecular flexibility index (Phi) is 6.15. The van der Waals surface area contributed by atoms with Crippen LogP contribution < -0.4 is 14.8 Å². The molecule has 1 amide bonds. The summed E-state index contributed by atoms with van der Waals surface area (Å²) in [6.45, 7) is 0.679. The number of aromatic amines is 1. The van der Waals surface area contributed by atoms with Crippen LogP contribution in [0, 0.1) is 0 Å². The summed E-state index contributed by atoms with van der Waals surface area (Å²) in [7, 11) is -3.18. The molecule has 1 aliphatic carbocycles. The van der Waals surface area contributed by atoms with Gasteiger partial charge in [0.2, 0.25) is 10.0 Å². The first-order valence-corrected chi connectivity index (χ1v) is 10.9. The number of hydrogen-bond acceptors (Lipinski definition) is 5. The Morgan fingerprint density at radius 1 is 1.21 bits per heavy atom. The lowest BCUT2D eigenvalue weighted by Gasteiger charge is -2.12. The lowest BCUT2D eigenvalue weighted by Crippen LogP contribution is -2.24. The second kappa shape index (κ2) is 8.57. The SMILES string of the molecule is CS(=O)(=O)NCCCOc1ccc(NC(=O)c2c[nH]c3c2C(=O)CCC3)cc1. The van der Waals surface area contributed by atoms with Gasteiger partial charge in [0.25, 0.3) is 5.91 Å². The summed E-state index contributed by atoms with van der Waals surface area (Å²) >= 11 is 0. The molecule has 0 atom stereocenters. The minimum Gasteiger partial charge on any atom is -0.494 e. The Balaban J connectivity index is 1.53. The highest BCUT2D eigenvalue weighted by atomic mass is 32.2. The third-order valence-corrected chi connectivity index (χ3v) is 5.11. The zero-order valence-corrected chi connectivity index (χ0v) is 16.4. The quantitative estimate of drug-likeness (QED) is 0.582. The van der Waals surface area contributed by atoms with Gasteiger partial charge in [-0.15, -0.1) is 0 Å². The maximum absolute atomic E-state index is 12.5. The van der Waals surface area contributed by atoms with Gasteiger partial charge in [0.05, 0.1) is 24.0 Å². The molecule has 1 aromatic carbocycles. The number of aromatic nitrogens is 1. The van der Waals surface area contributed by atoms with Crippen LogP contribution in [0.5, 0.6) is 5.75 Å². The molecule has 3 rings (SSSR count). The van der Waals surface area contributed by atoms with Crippen molar-refractivity contribution in [1.82, 2.24) is 9.71 Å². The molecule has 0 aliphatic heterocycles. The molecule has 0 saturated heterocycles. The Labute approximate surface area is 163 Å². The van der Waals surface area contributed by atoms with E-state index in [9.17, 15) is 18.0 Å². The van der Waals surface area contributed by atoms with Crippen molar-refractivity contribution in [2.75, 3.05) is 24.7 Å². The number of hydrogen-bond donors (Lipinski definition) is 3. The van der Waals surface area contributed by atoms with Gasteiger partial charge in [-0.1, -0.05) is 0 Å². The fourth-order valence-corrected chi connectivity index (χ4v) is 3.58. The number of fused-ring (bicyclic) bond motifs is 1. The highest BCUT2D eigenvalue weighted by Gasteiger charge is 2.25. The van der Waals surface area contributed by atoms with Crippen LogP contribution in [0.15, 0.2) is 30.5 Å². The molecule has 3 N–H and O–H groups in total. The van der Waals surface area contributed by atoms with Gasteiger partial charge in [-0.25, -0.2) is 13.1 Å². The van der Waals surface area contributed by atoms with Gasteiger partial charge in [-0.2, -0.15) is 0 Å². The van der Waals surface area contributed by atoms with Crippen LogP contribution in [0.3, 0.4) is 0 Å². The predicted molar refractivity (Wildman–Crippen MR) is 105 cm³/mol. The molecule has 0 spiro atoms. The smallest absolute Gasteiger partial charge is 0.257 e. The van der Waals surface area contributed by atoms with Crippen LogP contribution in [0.4, 0.5) is 5.69 Å². The average molecular weight is 405 g/mol. The number of amides is 1. The van der Waals surface area contributed by atoms with Crippen molar-refractivity contribution in [2.45, 2.75) is 25.7 Å². The summed E-state index contributed by atoms with van der Waals surface area (Å²) in [6, 6.07) is 6.86. The molecule has 1 aliphatic rings. The number of rotatable bonds is 8. The first-order chi connectivity index (χ1) is 13.3. The van der Waals surface area contributed by atoms with Crippen molar-refractivity contribution in [3.63, 3.8) is 0 Å². The van der Waals surface area contributed by atoms with Crippen molar-refractivity contribution in [3.8, 4) is 5.75 Å². The molecule has 0 fully saturated rings. The summed E-state index contributed by atoms with van der Waals surface area (Å²) in [5.74, 6) is 0.293. The molecule has 0 radical (unpaired) electrons. The molecular weight excluding hydrogens is 382 g/mol. The fourth-order valence-electron chi connectivity index (χ4n) is 3.06. The number of nitrogens with one attached hydrogen (secondary N) is 3. The van der Waals surface area contributed by atoms with Crippen LogP contribution >= 0.6 is 0 Å². The number of anilines is 1. The molecule has 1 aromatic heterocycles. The monoisotopic (exact) mass is 405 g/mol. The number of carbonyl (C=O) groups excluding carboxylic acids is 2. The lowest BCUT2D eigenvalue weighted by molar-refractivity contribution is 0.0956. The second-order valence-electron chi connectivity index (χ2n) is 6.68. The normalized spacial score (nSPS) is 13.8.